The van der Waals surface area contributed by atoms with Gasteiger partial charge in [0, 0.05) is 26.2 Å². The average Bonchev–Trinajstić information content (AvgIpc) is 2.74. The first kappa shape index (κ1) is 23.8. The monoisotopic (exact) mass is 462 g/mol. The van der Waals surface area contributed by atoms with E-state index >= 15 is 0 Å². The number of hydrogen-bond donors (Lipinski definition) is 0. The molecule has 2 aliphatic heterocycles. The molecule has 2 heterocycles. The molecule has 1 fully saturated rings. The number of nitrogens with zero attached hydrogens (tertiary/aromatic N) is 2. The van der Waals surface area contributed by atoms with Gasteiger partial charge in [-0.15, -0.1) is 0 Å². The standard InChI is InChI=1S/C22H26N2O7S/c1-5-29-17-12-15(6-7-16(17)31-14(3)25)20-19(21(27)30-10-9-28-4)13(2)23-22-24(20)18(26)8-11-32-22/h6-7,12,20H,5,8-11H2,1-4H3. The summed E-state index contributed by atoms with van der Waals surface area (Å²) in [6.07, 6.45) is 0.328. The number of allylic oxidation sites excluding steroid dienone is 1. The van der Waals surface area contributed by atoms with E-state index < -0.39 is 18.0 Å². The summed E-state index contributed by atoms with van der Waals surface area (Å²) in [4.78, 5) is 43.4. The summed E-state index contributed by atoms with van der Waals surface area (Å²) < 4.78 is 21.2. The van der Waals surface area contributed by atoms with E-state index in [1.54, 1.807) is 25.1 Å². The van der Waals surface area contributed by atoms with Gasteiger partial charge in [-0.3, -0.25) is 14.5 Å². The molecule has 0 spiro atoms. The molecule has 1 atom stereocenters. The largest absolute Gasteiger partial charge is 0.490 e. The van der Waals surface area contributed by atoms with E-state index in [0.717, 1.165) is 0 Å². The lowest BCUT2D eigenvalue weighted by atomic mass is 9.93. The Morgan fingerprint density at radius 1 is 1.25 bits per heavy atom. The first-order chi connectivity index (χ1) is 15.4. The van der Waals surface area contributed by atoms with Crippen LogP contribution < -0.4 is 9.47 Å². The second-order valence-corrected chi connectivity index (χ2v) is 8.08. The van der Waals surface area contributed by atoms with Crippen molar-refractivity contribution in [2.45, 2.75) is 33.2 Å². The van der Waals surface area contributed by atoms with Crippen molar-refractivity contribution in [1.82, 2.24) is 4.90 Å². The summed E-state index contributed by atoms with van der Waals surface area (Å²) in [6.45, 7) is 5.50. The fourth-order valence-corrected chi connectivity index (χ4v) is 4.48. The Balaban J connectivity index is 2.09. The van der Waals surface area contributed by atoms with E-state index in [0.29, 0.717) is 41.0 Å². The van der Waals surface area contributed by atoms with Crippen LogP contribution in [-0.4, -0.2) is 60.6 Å². The molecule has 32 heavy (non-hydrogen) atoms. The van der Waals surface area contributed by atoms with Gasteiger partial charge in [-0.25, -0.2) is 9.79 Å². The molecule has 1 saturated heterocycles. The maximum absolute atomic E-state index is 13.0. The van der Waals surface area contributed by atoms with Gasteiger partial charge in [-0.05, 0) is 31.5 Å². The van der Waals surface area contributed by atoms with E-state index in [9.17, 15) is 14.4 Å². The molecule has 0 saturated carbocycles. The highest BCUT2D eigenvalue weighted by molar-refractivity contribution is 8.14. The lowest BCUT2D eigenvalue weighted by molar-refractivity contribution is -0.141. The van der Waals surface area contributed by atoms with Crippen molar-refractivity contribution in [1.29, 1.82) is 0 Å². The number of rotatable bonds is 8. The molecule has 1 aromatic carbocycles. The SMILES string of the molecule is CCOc1cc(C2C(C(=O)OCCOC)=C(C)N=C3SCCC(=O)N32)ccc1OC(C)=O. The van der Waals surface area contributed by atoms with Crippen LogP contribution in [0.2, 0.25) is 0 Å². The van der Waals surface area contributed by atoms with E-state index in [1.807, 2.05) is 6.92 Å². The molecule has 0 radical (unpaired) electrons. The zero-order chi connectivity index (χ0) is 23.3. The third-order valence-electron chi connectivity index (χ3n) is 4.78. The van der Waals surface area contributed by atoms with Gasteiger partial charge in [0.2, 0.25) is 5.91 Å². The molecule has 1 amide bonds. The molecule has 0 bridgehead atoms. The normalized spacial score (nSPS) is 18.1. The third-order valence-corrected chi connectivity index (χ3v) is 5.74. The fourth-order valence-electron chi connectivity index (χ4n) is 3.47. The number of hydrogen-bond acceptors (Lipinski definition) is 9. The number of fused-ring (bicyclic) bond motifs is 1. The van der Waals surface area contributed by atoms with Crippen LogP contribution in [0.4, 0.5) is 0 Å². The highest BCUT2D eigenvalue weighted by atomic mass is 32.2. The molecule has 2 aliphatic rings. The fraction of sp³-hybridized carbons (Fsp3) is 0.455. The first-order valence-electron chi connectivity index (χ1n) is 10.2. The number of thioether (sulfide) groups is 1. The summed E-state index contributed by atoms with van der Waals surface area (Å²) in [5.74, 6) is 0.0360. The molecule has 9 nitrogen and oxygen atoms in total. The van der Waals surface area contributed by atoms with Crippen molar-refractivity contribution < 1.29 is 33.3 Å². The molecular formula is C22H26N2O7S. The van der Waals surface area contributed by atoms with Gasteiger partial charge in [0.05, 0.1) is 30.5 Å². The predicted octanol–water partition coefficient (Wildman–Crippen LogP) is 2.85. The number of amidine groups is 1. The lowest BCUT2D eigenvalue weighted by Crippen LogP contribution is -2.45. The Morgan fingerprint density at radius 3 is 2.72 bits per heavy atom. The first-order valence-corrected chi connectivity index (χ1v) is 11.2. The summed E-state index contributed by atoms with van der Waals surface area (Å²) >= 11 is 1.46. The highest BCUT2D eigenvalue weighted by Gasteiger charge is 2.42. The van der Waals surface area contributed by atoms with Crippen LogP contribution in [0.25, 0.3) is 0 Å². The van der Waals surface area contributed by atoms with Crippen LogP contribution >= 0.6 is 11.8 Å². The molecule has 3 rings (SSSR count). The number of amides is 1. The van der Waals surface area contributed by atoms with Gasteiger partial charge in [0.15, 0.2) is 16.7 Å². The van der Waals surface area contributed by atoms with Crippen molar-refractivity contribution in [2.24, 2.45) is 4.99 Å². The van der Waals surface area contributed by atoms with Gasteiger partial charge >= 0.3 is 11.9 Å². The minimum absolute atomic E-state index is 0.0771. The summed E-state index contributed by atoms with van der Waals surface area (Å²) in [5, 5.41) is 0.541. The number of benzene rings is 1. The van der Waals surface area contributed by atoms with E-state index in [4.69, 9.17) is 18.9 Å². The van der Waals surface area contributed by atoms with Gasteiger partial charge in [-0.2, -0.15) is 0 Å². The van der Waals surface area contributed by atoms with Crippen LogP contribution in [0.5, 0.6) is 11.5 Å². The number of carbonyl (C=O) groups is 3. The van der Waals surface area contributed by atoms with Crippen molar-refractivity contribution in [3.63, 3.8) is 0 Å². The lowest BCUT2D eigenvalue weighted by Gasteiger charge is -2.39. The Hall–Kier alpha value is -2.85. The molecule has 0 aliphatic carbocycles. The molecule has 0 aromatic heterocycles. The topological polar surface area (TPSA) is 104 Å². The molecule has 1 unspecified atom stereocenters. The molecule has 10 heteroatoms. The van der Waals surface area contributed by atoms with Crippen LogP contribution in [0, 0.1) is 0 Å². The van der Waals surface area contributed by atoms with Crippen LogP contribution in [0.15, 0.2) is 34.5 Å². The van der Waals surface area contributed by atoms with E-state index in [1.165, 1.54) is 30.7 Å². The summed E-state index contributed by atoms with van der Waals surface area (Å²) in [6, 6.07) is 4.23. The quantitative estimate of drug-likeness (QED) is 0.330. The van der Waals surface area contributed by atoms with Crippen LogP contribution in [-0.2, 0) is 23.9 Å². The molecular weight excluding hydrogens is 436 g/mol. The van der Waals surface area contributed by atoms with Gasteiger partial charge < -0.3 is 18.9 Å². The Morgan fingerprint density at radius 2 is 2.03 bits per heavy atom. The van der Waals surface area contributed by atoms with Gasteiger partial charge in [0.1, 0.15) is 6.61 Å². The zero-order valence-corrected chi connectivity index (χ0v) is 19.3. The predicted molar refractivity (Wildman–Crippen MR) is 119 cm³/mol. The smallest absolute Gasteiger partial charge is 0.338 e. The molecule has 172 valence electrons. The summed E-state index contributed by atoms with van der Waals surface area (Å²) in [5.41, 5.74) is 1.36. The van der Waals surface area contributed by atoms with Crippen LogP contribution in [0.3, 0.4) is 0 Å². The molecule has 1 aromatic rings. The minimum atomic E-state index is -0.747. The van der Waals surface area contributed by atoms with Crippen molar-refractivity contribution in [2.75, 3.05) is 32.7 Å². The summed E-state index contributed by atoms with van der Waals surface area (Å²) in [7, 11) is 1.52. The number of methoxy groups -OCH3 is 1. The van der Waals surface area contributed by atoms with Crippen LogP contribution in [0.1, 0.15) is 38.8 Å². The number of aliphatic imine (C=N–C) groups is 1. The maximum atomic E-state index is 13.0. The maximum Gasteiger partial charge on any atom is 0.338 e. The van der Waals surface area contributed by atoms with E-state index in [-0.39, 0.29) is 30.4 Å². The highest BCUT2D eigenvalue weighted by Crippen LogP contribution is 2.42. The second-order valence-electron chi connectivity index (χ2n) is 7.02. The zero-order valence-electron chi connectivity index (χ0n) is 18.5. The van der Waals surface area contributed by atoms with Crippen molar-refractivity contribution >= 4 is 34.8 Å². The molecule has 0 N–H and O–H groups in total. The Kier molecular flexibility index (Phi) is 7.92. The Bertz CT molecular complexity index is 973. The minimum Gasteiger partial charge on any atom is -0.490 e. The van der Waals surface area contributed by atoms with Gasteiger partial charge in [0.25, 0.3) is 0 Å². The van der Waals surface area contributed by atoms with Crippen molar-refractivity contribution in [3.05, 3.63) is 35.0 Å². The second kappa shape index (κ2) is 10.6. The van der Waals surface area contributed by atoms with Crippen molar-refractivity contribution in [3.8, 4) is 11.5 Å². The average molecular weight is 463 g/mol. The third kappa shape index (κ3) is 5.13. The van der Waals surface area contributed by atoms with E-state index in [2.05, 4.69) is 4.99 Å². The number of ether oxygens (including phenoxy) is 4. The van der Waals surface area contributed by atoms with Gasteiger partial charge in [-0.1, -0.05) is 17.8 Å². The number of esters is 2. The Labute approximate surface area is 190 Å². The number of carbonyl (C=O) groups excluding carboxylic acids is 3.